The molecule has 0 atom stereocenters. The largest absolute Gasteiger partial charge is 0.444 e. The van der Waals surface area contributed by atoms with E-state index < -0.39 is 5.60 Å². The fraction of sp³-hybridized carbons (Fsp3) is 0.588. The third-order valence-corrected chi connectivity index (χ3v) is 5.29. The van der Waals surface area contributed by atoms with Crippen molar-refractivity contribution in [3.8, 4) is 0 Å². The number of nitrogens with zero attached hydrogens (tertiary/aromatic N) is 1. The lowest BCUT2D eigenvalue weighted by atomic mass is 10.1. The van der Waals surface area contributed by atoms with Crippen LogP contribution in [0.4, 0.5) is 4.79 Å². The van der Waals surface area contributed by atoms with Crippen molar-refractivity contribution >= 4 is 44.6 Å². The van der Waals surface area contributed by atoms with Gasteiger partial charge < -0.3 is 9.64 Å². The molecule has 1 fully saturated rings. The minimum Gasteiger partial charge on any atom is -0.444 e. The highest BCUT2D eigenvalue weighted by molar-refractivity contribution is 14.1. The van der Waals surface area contributed by atoms with Crippen molar-refractivity contribution < 1.29 is 9.53 Å². The minimum absolute atomic E-state index is 0.199. The molecular formula is C17H23BrINO2. The smallest absolute Gasteiger partial charge is 0.410 e. The Bertz CT molecular complexity index is 536. The Balaban J connectivity index is 2.20. The van der Waals surface area contributed by atoms with E-state index >= 15 is 0 Å². The van der Waals surface area contributed by atoms with E-state index in [0.717, 1.165) is 22.9 Å². The first kappa shape index (κ1) is 18.0. The number of halogens is 2. The lowest BCUT2D eigenvalue weighted by Crippen LogP contribution is -2.42. The third-order valence-electron chi connectivity index (χ3n) is 3.74. The van der Waals surface area contributed by atoms with E-state index in [1.165, 1.54) is 16.4 Å². The molecule has 3 nitrogen and oxygen atoms in total. The van der Waals surface area contributed by atoms with Gasteiger partial charge in [-0.2, -0.15) is 0 Å². The molecule has 5 heteroatoms. The average Bonchev–Trinajstić information content (AvgIpc) is 2.91. The summed E-state index contributed by atoms with van der Waals surface area (Å²) in [7, 11) is 0. The summed E-state index contributed by atoms with van der Waals surface area (Å²) in [6, 6.07) is 6.49. The van der Waals surface area contributed by atoms with Gasteiger partial charge in [-0.15, -0.1) is 0 Å². The van der Waals surface area contributed by atoms with Crippen molar-refractivity contribution in [3.63, 3.8) is 0 Å². The molecule has 0 heterocycles. The third kappa shape index (κ3) is 5.11. The summed E-state index contributed by atoms with van der Waals surface area (Å²) >= 11 is 5.84. The highest BCUT2D eigenvalue weighted by Gasteiger charge is 2.30. The van der Waals surface area contributed by atoms with Crippen LogP contribution in [0.3, 0.4) is 0 Å². The summed E-state index contributed by atoms with van der Waals surface area (Å²) in [6.45, 7) is 6.36. The van der Waals surface area contributed by atoms with E-state index in [2.05, 4.69) is 50.7 Å². The van der Waals surface area contributed by atoms with Crippen LogP contribution in [-0.4, -0.2) is 22.6 Å². The van der Waals surface area contributed by atoms with Gasteiger partial charge in [0.25, 0.3) is 0 Å². The van der Waals surface area contributed by atoms with E-state index in [-0.39, 0.29) is 6.09 Å². The van der Waals surface area contributed by atoms with Gasteiger partial charge >= 0.3 is 6.09 Å². The molecule has 0 radical (unpaired) electrons. The molecular weight excluding hydrogens is 457 g/mol. The Morgan fingerprint density at radius 2 is 2.00 bits per heavy atom. The second kappa shape index (κ2) is 7.51. The van der Waals surface area contributed by atoms with Crippen LogP contribution in [0, 0.1) is 3.57 Å². The maximum atomic E-state index is 12.6. The van der Waals surface area contributed by atoms with Gasteiger partial charge in [0.15, 0.2) is 0 Å². The summed E-state index contributed by atoms with van der Waals surface area (Å²) in [5.41, 5.74) is 0.700. The number of carbonyl (C=O) groups is 1. The Hall–Kier alpha value is -0.300. The molecule has 2 rings (SSSR count). The lowest BCUT2D eigenvalue weighted by Gasteiger charge is -2.32. The maximum Gasteiger partial charge on any atom is 0.410 e. The van der Waals surface area contributed by atoms with Crippen molar-refractivity contribution in [1.82, 2.24) is 4.90 Å². The van der Waals surface area contributed by atoms with Gasteiger partial charge in [0.05, 0.1) is 6.54 Å². The molecule has 122 valence electrons. The van der Waals surface area contributed by atoms with Crippen molar-refractivity contribution in [2.75, 3.05) is 0 Å². The zero-order chi connectivity index (χ0) is 16.3. The zero-order valence-electron chi connectivity index (χ0n) is 13.4. The van der Waals surface area contributed by atoms with Crippen molar-refractivity contribution in [2.24, 2.45) is 0 Å². The first-order valence-corrected chi connectivity index (χ1v) is 9.57. The molecule has 1 aromatic carbocycles. The van der Waals surface area contributed by atoms with Crippen LogP contribution < -0.4 is 0 Å². The van der Waals surface area contributed by atoms with E-state index in [9.17, 15) is 4.79 Å². The van der Waals surface area contributed by atoms with Crippen LogP contribution in [0.5, 0.6) is 0 Å². The molecule has 0 aromatic heterocycles. The number of amides is 1. The van der Waals surface area contributed by atoms with Crippen LogP contribution in [0.2, 0.25) is 0 Å². The van der Waals surface area contributed by atoms with E-state index in [1.54, 1.807) is 0 Å². The maximum absolute atomic E-state index is 12.6. The normalized spacial score (nSPS) is 15.9. The topological polar surface area (TPSA) is 29.5 Å². The van der Waals surface area contributed by atoms with Crippen LogP contribution >= 0.6 is 38.5 Å². The van der Waals surface area contributed by atoms with Gasteiger partial charge in [-0.25, -0.2) is 4.79 Å². The fourth-order valence-electron chi connectivity index (χ4n) is 2.73. The summed E-state index contributed by atoms with van der Waals surface area (Å²) in [6.07, 6.45) is 4.34. The SMILES string of the molecule is CC(C)(C)OC(=O)N(Cc1cc(Br)ccc1I)C1CCCC1. The Morgan fingerprint density at radius 3 is 2.59 bits per heavy atom. The number of benzene rings is 1. The molecule has 1 aromatic rings. The molecule has 0 unspecified atom stereocenters. The molecule has 1 aliphatic carbocycles. The van der Waals surface area contributed by atoms with Gasteiger partial charge in [-0.1, -0.05) is 28.8 Å². The van der Waals surface area contributed by atoms with Gasteiger partial charge in [0.2, 0.25) is 0 Å². The predicted octanol–water partition coefficient (Wildman–Crippen LogP) is 5.73. The lowest BCUT2D eigenvalue weighted by molar-refractivity contribution is 0.0144. The first-order chi connectivity index (χ1) is 10.3. The quantitative estimate of drug-likeness (QED) is 0.518. The molecule has 22 heavy (non-hydrogen) atoms. The zero-order valence-corrected chi connectivity index (χ0v) is 17.1. The van der Waals surface area contributed by atoms with Crippen molar-refractivity contribution in [1.29, 1.82) is 0 Å². The van der Waals surface area contributed by atoms with E-state index in [1.807, 2.05) is 31.7 Å². The summed E-state index contributed by atoms with van der Waals surface area (Å²) in [5.74, 6) is 0. The minimum atomic E-state index is -0.460. The van der Waals surface area contributed by atoms with Gasteiger partial charge in [-0.3, -0.25) is 0 Å². The number of hydrogen-bond acceptors (Lipinski definition) is 2. The molecule has 1 amide bonds. The second-order valence-corrected chi connectivity index (χ2v) is 8.86. The molecule has 0 saturated heterocycles. The fourth-order valence-corrected chi connectivity index (χ4v) is 3.64. The van der Waals surface area contributed by atoms with Gasteiger partial charge in [0, 0.05) is 14.1 Å². The monoisotopic (exact) mass is 479 g/mol. The number of carbonyl (C=O) groups excluding carboxylic acids is 1. The standard InChI is InChI=1S/C17H23BrINO2/c1-17(2,3)22-16(21)20(14-6-4-5-7-14)11-12-10-13(18)8-9-15(12)19/h8-10,14H,4-7,11H2,1-3H3. The molecule has 0 N–H and O–H groups in total. The average molecular weight is 480 g/mol. The van der Waals surface area contributed by atoms with Gasteiger partial charge in [0.1, 0.15) is 5.60 Å². The van der Waals surface area contributed by atoms with Crippen LogP contribution in [0.25, 0.3) is 0 Å². The number of hydrogen-bond donors (Lipinski definition) is 0. The Kier molecular flexibility index (Phi) is 6.16. The molecule has 1 aliphatic rings. The summed E-state index contributed by atoms with van der Waals surface area (Å²) in [4.78, 5) is 14.6. The highest BCUT2D eigenvalue weighted by Crippen LogP contribution is 2.28. The number of ether oxygens (including phenoxy) is 1. The first-order valence-electron chi connectivity index (χ1n) is 7.70. The Morgan fingerprint density at radius 1 is 1.36 bits per heavy atom. The second-order valence-electron chi connectivity index (χ2n) is 6.78. The Labute approximate surface area is 155 Å². The van der Waals surface area contributed by atoms with Crippen molar-refractivity contribution in [3.05, 3.63) is 31.8 Å². The predicted molar refractivity (Wildman–Crippen MR) is 101 cm³/mol. The summed E-state index contributed by atoms with van der Waals surface area (Å²) in [5, 5.41) is 0. The van der Waals surface area contributed by atoms with Crippen LogP contribution in [-0.2, 0) is 11.3 Å². The number of rotatable bonds is 3. The van der Waals surface area contributed by atoms with E-state index in [0.29, 0.717) is 12.6 Å². The summed E-state index contributed by atoms with van der Waals surface area (Å²) < 4.78 is 7.84. The molecule has 0 bridgehead atoms. The van der Waals surface area contributed by atoms with Gasteiger partial charge in [-0.05, 0) is 80.0 Å². The van der Waals surface area contributed by atoms with Crippen LogP contribution in [0.1, 0.15) is 52.0 Å². The molecule has 0 spiro atoms. The van der Waals surface area contributed by atoms with E-state index in [4.69, 9.17) is 4.74 Å². The highest BCUT2D eigenvalue weighted by atomic mass is 127. The molecule has 1 saturated carbocycles. The van der Waals surface area contributed by atoms with Crippen LogP contribution in [0.15, 0.2) is 22.7 Å². The van der Waals surface area contributed by atoms with Crippen molar-refractivity contribution in [2.45, 2.75) is 64.6 Å². The molecule has 0 aliphatic heterocycles.